The van der Waals surface area contributed by atoms with Gasteiger partial charge in [-0.25, -0.2) is 4.98 Å². The van der Waals surface area contributed by atoms with E-state index in [0.29, 0.717) is 5.88 Å². The van der Waals surface area contributed by atoms with Crippen LogP contribution in [-0.4, -0.2) is 18.1 Å². The van der Waals surface area contributed by atoms with Gasteiger partial charge >= 0.3 is 0 Å². The van der Waals surface area contributed by atoms with Crippen molar-refractivity contribution >= 4 is 28.2 Å². The summed E-state index contributed by atoms with van der Waals surface area (Å²) in [6, 6.07) is 8.47. The maximum Gasteiger partial charge on any atom is 0.136 e. The van der Waals surface area contributed by atoms with E-state index in [1.165, 1.54) is 36.5 Å². The van der Waals surface area contributed by atoms with Gasteiger partial charge in [0.15, 0.2) is 0 Å². The number of benzene rings is 1. The molecule has 3 heteroatoms. The van der Waals surface area contributed by atoms with Gasteiger partial charge in [0.2, 0.25) is 0 Å². The summed E-state index contributed by atoms with van der Waals surface area (Å²) in [5.74, 6) is 1.62. The van der Waals surface area contributed by atoms with Gasteiger partial charge in [0.05, 0.1) is 0 Å². The third kappa shape index (κ3) is 3.88. The Morgan fingerprint density at radius 2 is 1.62 bits per heavy atom. The normalized spacial score (nSPS) is 11.0. The highest BCUT2D eigenvalue weighted by atomic mass is 35.5. The molecule has 1 heterocycles. The van der Waals surface area contributed by atoms with E-state index in [2.05, 4.69) is 43.0 Å². The van der Waals surface area contributed by atoms with Crippen LogP contribution in [0, 0.1) is 0 Å². The first-order chi connectivity index (χ1) is 10.3. The van der Waals surface area contributed by atoms with Crippen LogP contribution in [0.15, 0.2) is 30.5 Å². The van der Waals surface area contributed by atoms with E-state index in [-0.39, 0.29) is 0 Å². The molecule has 0 aliphatic heterocycles. The highest BCUT2D eigenvalue weighted by Crippen LogP contribution is 2.28. The van der Waals surface area contributed by atoms with Crippen molar-refractivity contribution in [2.45, 2.75) is 45.4 Å². The highest BCUT2D eigenvalue weighted by molar-refractivity contribution is 6.18. The fourth-order valence-electron chi connectivity index (χ4n) is 2.62. The largest absolute Gasteiger partial charge is 0.356 e. The Morgan fingerprint density at radius 1 is 1.00 bits per heavy atom. The first-order valence-corrected chi connectivity index (χ1v) is 8.52. The second-order valence-electron chi connectivity index (χ2n) is 5.48. The average molecular weight is 305 g/mol. The maximum absolute atomic E-state index is 6.05. The minimum atomic E-state index is 0.512. The third-order valence-electron chi connectivity index (χ3n) is 3.86. The summed E-state index contributed by atoms with van der Waals surface area (Å²) in [7, 11) is 0. The zero-order valence-electron chi connectivity index (χ0n) is 13.1. The molecule has 0 saturated carbocycles. The molecule has 1 aromatic carbocycles. The Morgan fingerprint density at radius 3 is 2.19 bits per heavy atom. The van der Waals surface area contributed by atoms with Crippen molar-refractivity contribution in [1.82, 2.24) is 4.98 Å². The number of hydrogen-bond acceptors (Lipinski definition) is 2. The molecule has 0 atom stereocenters. The van der Waals surface area contributed by atoms with Gasteiger partial charge in [0.1, 0.15) is 5.82 Å². The standard InChI is InChI=1S/C18H25ClN2/c1-3-5-11-21(12-6-4-2)18-17-10-8-7-9-16(17)15(13-19)14-20-18/h7-10,14H,3-6,11-13H2,1-2H3. The zero-order chi connectivity index (χ0) is 15.1. The van der Waals surface area contributed by atoms with E-state index >= 15 is 0 Å². The monoisotopic (exact) mass is 304 g/mol. The number of hydrogen-bond donors (Lipinski definition) is 0. The summed E-state index contributed by atoms with van der Waals surface area (Å²) in [4.78, 5) is 7.16. The molecule has 2 nitrogen and oxygen atoms in total. The molecule has 0 N–H and O–H groups in total. The van der Waals surface area contributed by atoms with Gasteiger partial charge in [-0.15, -0.1) is 11.6 Å². The SMILES string of the molecule is CCCCN(CCCC)c1ncc(CCl)c2ccccc12. The molecule has 0 spiro atoms. The van der Waals surface area contributed by atoms with Gasteiger partial charge in [-0.1, -0.05) is 51.0 Å². The molecule has 21 heavy (non-hydrogen) atoms. The molecule has 0 radical (unpaired) electrons. The van der Waals surface area contributed by atoms with Crippen LogP contribution in [0.2, 0.25) is 0 Å². The van der Waals surface area contributed by atoms with Crippen molar-refractivity contribution in [3.63, 3.8) is 0 Å². The first-order valence-electron chi connectivity index (χ1n) is 7.99. The van der Waals surface area contributed by atoms with Crippen molar-refractivity contribution in [2.24, 2.45) is 0 Å². The predicted molar refractivity (Wildman–Crippen MR) is 93.3 cm³/mol. The third-order valence-corrected chi connectivity index (χ3v) is 4.15. The smallest absolute Gasteiger partial charge is 0.136 e. The molecule has 2 rings (SSSR count). The van der Waals surface area contributed by atoms with Crippen LogP contribution >= 0.6 is 11.6 Å². The summed E-state index contributed by atoms with van der Waals surface area (Å²) in [6.07, 6.45) is 6.77. The van der Waals surface area contributed by atoms with E-state index in [0.717, 1.165) is 24.5 Å². The van der Waals surface area contributed by atoms with Crippen LogP contribution in [-0.2, 0) is 5.88 Å². The lowest BCUT2D eigenvalue weighted by Crippen LogP contribution is -2.26. The lowest BCUT2D eigenvalue weighted by molar-refractivity contribution is 0.673. The molecule has 0 aliphatic carbocycles. The Balaban J connectivity index is 2.41. The van der Waals surface area contributed by atoms with E-state index < -0.39 is 0 Å². The molecule has 0 amide bonds. The number of anilines is 1. The molecule has 0 saturated heterocycles. The topological polar surface area (TPSA) is 16.1 Å². The number of pyridine rings is 1. The molecule has 0 bridgehead atoms. The van der Waals surface area contributed by atoms with Crippen molar-refractivity contribution in [3.8, 4) is 0 Å². The van der Waals surface area contributed by atoms with E-state index in [9.17, 15) is 0 Å². The Labute approximate surface area is 133 Å². The Hall–Kier alpha value is -1.28. The van der Waals surface area contributed by atoms with Crippen molar-refractivity contribution < 1.29 is 0 Å². The van der Waals surface area contributed by atoms with Gasteiger partial charge in [-0.3, -0.25) is 0 Å². The molecular weight excluding hydrogens is 280 g/mol. The summed E-state index contributed by atoms with van der Waals surface area (Å²) in [5, 5.41) is 2.46. The molecule has 0 aliphatic rings. The summed E-state index contributed by atoms with van der Waals surface area (Å²) >= 11 is 6.05. The van der Waals surface area contributed by atoms with Gasteiger partial charge in [-0.05, 0) is 23.8 Å². The van der Waals surface area contributed by atoms with Crippen molar-refractivity contribution in [3.05, 3.63) is 36.0 Å². The molecule has 2 aromatic rings. The minimum absolute atomic E-state index is 0.512. The highest BCUT2D eigenvalue weighted by Gasteiger charge is 2.12. The van der Waals surface area contributed by atoms with E-state index in [1.54, 1.807) is 0 Å². The lowest BCUT2D eigenvalue weighted by atomic mass is 10.1. The van der Waals surface area contributed by atoms with Crippen LogP contribution in [0.25, 0.3) is 10.8 Å². The van der Waals surface area contributed by atoms with Gasteiger partial charge < -0.3 is 4.90 Å². The first kappa shape index (κ1) is 16.1. The lowest BCUT2D eigenvalue weighted by Gasteiger charge is -2.25. The number of aromatic nitrogens is 1. The van der Waals surface area contributed by atoms with E-state index in [1.807, 2.05) is 6.20 Å². The van der Waals surface area contributed by atoms with Crippen LogP contribution in [0.5, 0.6) is 0 Å². The number of rotatable bonds is 8. The molecule has 114 valence electrons. The molecule has 0 unspecified atom stereocenters. The summed E-state index contributed by atoms with van der Waals surface area (Å²) in [5.41, 5.74) is 1.11. The van der Waals surface area contributed by atoms with Gasteiger partial charge in [-0.2, -0.15) is 0 Å². The number of fused-ring (bicyclic) bond motifs is 1. The maximum atomic E-state index is 6.05. The van der Waals surface area contributed by atoms with Crippen molar-refractivity contribution in [2.75, 3.05) is 18.0 Å². The van der Waals surface area contributed by atoms with Crippen LogP contribution < -0.4 is 4.90 Å². The number of nitrogens with zero attached hydrogens (tertiary/aromatic N) is 2. The van der Waals surface area contributed by atoms with Gasteiger partial charge in [0.25, 0.3) is 0 Å². The summed E-state index contributed by atoms with van der Waals surface area (Å²) < 4.78 is 0. The predicted octanol–water partition coefficient (Wildman–Crippen LogP) is 5.38. The van der Waals surface area contributed by atoms with Crippen LogP contribution in [0.4, 0.5) is 5.82 Å². The second-order valence-corrected chi connectivity index (χ2v) is 5.75. The Bertz CT molecular complexity index is 560. The fourth-order valence-corrected chi connectivity index (χ4v) is 2.83. The van der Waals surface area contributed by atoms with Crippen LogP contribution in [0.1, 0.15) is 45.1 Å². The number of unbranched alkanes of at least 4 members (excludes halogenated alkanes) is 2. The van der Waals surface area contributed by atoms with Crippen LogP contribution in [0.3, 0.4) is 0 Å². The van der Waals surface area contributed by atoms with Gasteiger partial charge in [0, 0.05) is 30.6 Å². The number of alkyl halides is 1. The minimum Gasteiger partial charge on any atom is -0.356 e. The van der Waals surface area contributed by atoms with Crippen molar-refractivity contribution in [1.29, 1.82) is 0 Å². The molecule has 1 aromatic heterocycles. The van der Waals surface area contributed by atoms with E-state index in [4.69, 9.17) is 16.6 Å². The molecule has 0 fully saturated rings. The second kappa shape index (κ2) is 8.23. The average Bonchev–Trinajstić information content (AvgIpc) is 2.54. The summed E-state index contributed by atoms with van der Waals surface area (Å²) in [6.45, 7) is 6.63. The number of halogens is 1. The zero-order valence-corrected chi connectivity index (χ0v) is 13.9. The fraction of sp³-hybridized carbons (Fsp3) is 0.500. The quantitative estimate of drug-likeness (QED) is 0.609. The Kier molecular flexibility index (Phi) is 6.31. The molecular formula is C18H25ClN2.